The molecule has 18 heavy (non-hydrogen) atoms. The predicted molar refractivity (Wildman–Crippen MR) is 72.4 cm³/mol. The SMILES string of the molecule is c1cc(C2CCCN2)ncc1CN1CCNCC1. The van der Waals surface area contributed by atoms with Crippen LogP contribution in [0.4, 0.5) is 0 Å². The van der Waals surface area contributed by atoms with Crippen LogP contribution in [0.5, 0.6) is 0 Å². The van der Waals surface area contributed by atoms with Crippen molar-refractivity contribution in [3.05, 3.63) is 29.6 Å². The van der Waals surface area contributed by atoms with E-state index in [2.05, 4.69) is 38.8 Å². The Bertz CT molecular complexity index is 364. The number of rotatable bonds is 3. The number of aromatic nitrogens is 1. The van der Waals surface area contributed by atoms with E-state index in [4.69, 9.17) is 0 Å². The fourth-order valence-corrected chi connectivity index (χ4v) is 2.80. The first-order valence-corrected chi connectivity index (χ1v) is 7.03. The summed E-state index contributed by atoms with van der Waals surface area (Å²) >= 11 is 0. The number of nitrogens with one attached hydrogen (secondary N) is 2. The molecule has 0 spiro atoms. The molecule has 2 saturated heterocycles. The zero-order chi connectivity index (χ0) is 12.2. The topological polar surface area (TPSA) is 40.2 Å². The molecule has 0 aromatic carbocycles. The number of piperazine rings is 1. The summed E-state index contributed by atoms with van der Waals surface area (Å²) in [5.41, 5.74) is 2.54. The zero-order valence-electron chi connectivity index (χ0n) is 10.9. The van der Waals surface area contributed by atoms with Crippen molar-refractivity contribution in [2.75, 3.05) is 32.7 Å². The van der Waals surface area contributed by atoms with Gasteiger partial charge in [0.2, 0.25) is 0 Å². The third kappa shape index (κ3) is 2.88. The highest BCUT2D eigenvalue weighted by Crippen LogP contribution is 2.21. The van der Waals surface area contributed by atoms with E-state index in [0.29, 0.717) is 6.04 Å². The maximum Gasteiger partial charge on any atom is 0.0573 e. The summed E-state index contributed by atoms with van der Waals surface area (Å²) in [5.74, 6) is 0. The molecule has 1 aromatic heterocycles. The number of pyridine rings is 1. The van der Waals surface area contributed by atoms with E-state index in [-0.39, 0.29) is 0 Å². The summed E-state index contributed by atoms with van der Waals surface area (Å²) in [6.07, 6.45) is 4.55. The largest absolute Gasteiger partial charge is 0.314 e. The summed E-state index contributed by atoms with van der Waals surface area (Å²) in [7, 11) is 0. The predicted octanol–water partition coefficient (Wildman–Crippen LogP) is 0.911. The van der Waals surface area contributed by atoms with Crippen molar-refractivity contribution in [3.8, 4) is 0 Å². The van der Waals surface area contributed by atoms with Gasteiger partial charge in [0.05, 0.1) is 5.69 Å². The van der Waals surface area contributed by atoms with E-state index in [9.17, 15) is 0 Å². The van der Waals surface area contributed by atoms with Crippen molar-refractivity contribution in [3.63, 3.8) is 0 Å². The molecule has 1 atom stereocenters. The molecule has 4 heteroatoms. The van der Waals surface area contributed by atoms with Crippen LogP contribution in [0.3, 0.4) is 0 Å². The summed E-state index contributed by atoms with van der Waals surface area (Å²) in [6, 6.07) is 4.92. The molecular formula is C14H22N4. The van der Waals surface area contributed by atoms with Crippen LogP contribution in [0.25, 0.3) is 0 Å². The molecule has 98 valence electrons. The molecule has 2 N–H and O–H groups in total. The number of hydrogen-bond donors (Lipinski definition) is 2. The lowest BCUT2D eigenvalue weighted by Gasteiger charge is -2.27. The summed E-state index contributed by atoms with van der Waals surface area (Å²) in [5, 5.41) is 6.87. The quantitative estimate of drug-likeness (QED) is 0.832. The van der Waals surface area contributed by atoms with Crippen molar-refractivity contribution in [1.82, 2.24) is 20.5 Å². The van der Waals surface area contributed by atoms with Crippen molar-refractivity contribution in [1.29, 1.82) is 0 Å². The average Bonchev–Trinajstić information content (AvgIpc) is 2.95. The standard InChI is InChI=1S/C14H22N4/c1-2-13(16-5-1)14-4-3-12(10-17-14)11-18-8-6-15-7-9-18/h3-4,10,13,15-16H,1-2,5-9,11H2. The maximum atomic E-state index is 4.62. The normalized spacial score (nSPS) is 25.4. The third-order valence-corrected chi connectivity index (χ3v) is 3.88. The summed E-state index contributed by atoms with van der Waals surface area (Å²) in [6.45, 7) is 6.68. The van der Waals surface area contributed by atoms with Crippen molar-refractivity contribution < 1.29 is 0 Å². The lowest BCUT2D eigenvalue weighted by Crippen LogP contribution is -2.42. The van der Waals surface area contributed by atoms with Gasteiger partial charge >= 0.3 is 0 Å². The fourth-order valence-electron chi connectivity index (χ4n) is 2.80. The van der Waals surface area contributed by atoms with Gasteiger partial charge in [0.15, 0.2) is 0 Å². The molecule has 2 aliphatic heterocycles. The Balaban J connectivity index is 1.59. The van der Waals surface area contributed by atoms with Gasteiger partial charge in [0.25, 0.3) is 0 Å². The zero-order valence-corrected chi connectivity index (χ0v) is 10.9. The van der Waals surface area contributed by atoms with Gasteiger partial charge in [-0.15, -0.1) is 0 Å². The molecule has 0 amide bonds. The Morgan fingerprint density at radius 3 is 2.78 bits per heavy atom. The lowest BCUT2D eigenvalue weighted by atomic mass is 10.1. The Hall–Kier alpha value is -0.970. The maximum absolute atomic E-state index is 4.62. The van der Waals surface area contributed by atoms with Gasteiger partial charge < -0.3 is 10.6 Å². The Kier molecular flexibility index (Phi) is 3.88. The molecule has 0 aliphatic carbocycles. The van der Waals surface area contributed by atoms with Gasteiger partial charge in [-0.1, -0.05) is 6.07 Å². The molecule has 0 saturated carbocycles. The van der Waals surface area contributed by atoms with Crippen molar-refractivity contribution in [2.24, 2.45) is 0 Å². The summed E-state index contributed by atoms with van der Waals surface area (Å²) < 4.78 is 0. The fraction of sp³-hybridized carbons (Fsp3) is 0.643. The molecule has 0 bridgehead atoms. The van der Waals surface area contributed by atoms with Crippen LogP contribution in [0.2, 0.25) is 0 Å². The van der Waals surface area contributed by atoms with Crippen LogP contribution in [0.1, 0.15) is 30.1 Å². The first-order chi connectivity index (χ1) is 8.92. The molecular weight excluding hydrogens is 224 g/mol. The minimum atomic E-state index is 0.484. The van der Waals surface area contributed by atoms with E-state index in [1.54, 1.807) is 0 Å². The van der Waals surface area contributed by atoms with Gasteiger partial charge in [0.1, 0.15) is 0 Å². The second-order valence-electron chi connectivity index (χ2n) is 5.27. The molecule has 3 rings (SSSR count). The van der Waals surface area contributed by atoms with Crippen LogP contribution < -0.4 is 10.6 Å². The number of hydrogen-bond acceptors (Lipinski definition) is 4. The average molecular weight is 246 g/mol. The van der Waals surface area contributed by atoms with E-state index >= 15 is 0 Å². The van der Waals surface area contributed by atoms with Crippen molar-refractivity contribution >= 4 is 0 Å². The minimum absolute atomic E-state index is 0.484. The van der Waals surface area contributed by atoms with Gasteiger partial charge in [-0.3, -0.25) is 9.88 Å². The molecule has 1 unspecified atom stereocenters. The monoisotopic (exact) mass is 246 g/mol. The Morgan fingerprint density at radius 2 is 2.11 bits per heavy atom. The van der Waals surface area contributed by atoms with E-state index in [0.717, 1.165) is 39.3 Å². The minimum Gasteiger partial charge on any atom is -0.314 e. The van der Waals surface area contributed by atoms with Crippen LogP contribution >= 0.6 is 0 Å². The highest BCUT2D eigenvalue weighted by Gasteiger charge is 2.17. The Morgan fingerprint density at radius 1 is 1.22 bits per heavy atom. The van der Waals surface area contributed by atoms with Crippen molar-refractivity contribution in [2.45, 2.75) is 25.4 Å². The second-order valence-corrected chi connectivity index (χ2v) is 5.27. The van der Waals surface area contributed by atoms with Crippen LogP contribution in [0.15, 0.2) is 18.3 Å². The highest BCUT2D eigenvalue weighted by molar-refractivity contribution is 5.17. The van der Waals surface area contributed by atoms with E-state index in [1.165, 1.54) is 24.1 Å². The molecule has 4 nitrogen and oxygen atoms in total. The second kappa shape index (κ2) is 5.78. The number of nitrogens with zero attached hydrogens (tertiary/aromatic N) is 2. The van der Waals surface area contributed by atoms with Crippen LogP contribution in [-0.4, -0.2) is 42.6 Å². The molecule has 0 radical (unpaired) electrons. The van der Waals surface area contributed by atoms with Gasteiger partial charge in [-0.25, -0.2) is 0 Å². The van der Waals surface area contributed by atoms with Crippen LogP contribution in [-0.2, 0) is 6.54 Å². The third-order valence-electron chi connectivity index (χ3n) is 3.88. The lowest BCUT2D eigenvalue weighted by molar-refractivity contribution is 0.233. The smallest absolute Gasteiger partial charge is 0.0573 e. The molecule has 3 heterocycles. The highest BCUT2D eigenvalue weighted by atomic mass is 15.2. The van der Waals surface area contributed by atoms with Gasteiger partial charge in [-0.2, -0.15) is 0 Å². The van der Waals surface area contributed by atoms with E-state index in [1.807, 2.05) is 0 Å². The van der Waals surface area contributed by atoms with Crippen LogP contribution in [0, 0.1) is 0 Å². The first-order valence-electron chi connectivity index (χ1n) is 7.03. The first kappa shape index (κ1) is 12.1. The van der Waals surface area contributed by atoms with Gasteiger partial charge in [0, 0.05) is 45.0 Å². The summed E-state index contributed by atoms with van der Waals surface area (Å²) in [4.78, 5) is 7.11. The molecule has 2 aliphatic rings. The Labute approximate surface area is 109 Å². The molecule has 2 fully saturated rings. The van der Waals surface area contributed by atoms with E-state index < -0.39 is 0 Å². The molecule has 1 aromatic rings. The van der Waals surface area contributed by atoms with Gasteiger partial charge in [-0.05, 0) is 31.0 Å².